The quantitative estimate of drug-likeness (QED) is 0.680. The molecule has 8 nitrogen and oxygen atoms in total. The van der Waals surface area contributed by atoms with Crippen molar-refractivity contribution in [2.75, 3.05) is 44.2 Å². The van der Waals surface area contributed by atoms with E-state index in [0.29, 0.717) is 6.04 Å². The Bertz CT molecular complexity index is 865. The molecule has 0 N–H and O–H groups in total. The molecule has 3 aromatic rings. The lowest BCUT2D eigenvalue weighted by Gasteiger charge is -2.48. The van der Waals surface area contributed by atoms with E-state index in [1.807, 2.05) is 42.9 Å². The van der Waals surface area contributed by atoms with E-state index in [2.05, 4.69) is 39.3 Å². The molecule has 3 aromatic heterocycles. The summed E-state index contributed by atoms with van der Waals surface area (Å²) in [6.07, 6.45) is 5.66. The van der Waals surface area contributed by atoms with E-state index >= 15 is 0 Å². The molecule has 5 rings (SSSR count). The van der Waals surface area contributed by atoms with Crippen LogP contribution in [0.5, 0.6) is 0 Å². The van der Waals surface area contributed by atoms with Crippen LogP contribution in [0.1, 0.15) is 5.82 Å². The van der Waals surface area contributed by atoms with Crippen molar-refractivity contribution in [3.63, 3.8) is 0 Å². The van der Waals surface area contributed by atoms with Crippen molar-refractivity contribution >= 4 is 11.6 Å². The Morgan fingerprint density at radius 3 is 2.54 bits per heavy atom. The van der Waals surface area contributed by atoms with Crippen LogP contribution in [-0.2, 0) is 6.54 Å². The van der Waals surface area contributed by atoms with E-state index in [4.69, 9.17) is 0 Å². The second kappa shape index (κ2) is 6.62. The molecule has 2 fully saturated rings. The van der Waals surface area contributed by atoms with E-state index in [-0.39, 0.29) is 0 Å². The van der Waals surface area contributed by atoms with Gasteiger partial charge >= 0.3 is 0 Å². The maximum absolute atomic E-state index is 4.36. The average Bonchev–Trinajstić information content (AvgIpc) is 3.08. The molecule has 2 aliphatic rings. The third-order valence-corrected chi connectivity index (χ3v) is 5.35. The van der Waals surface area contributed by atoms with Crippen LogP contribution in [0.15, 0.2) is 42.9 Å². The summed E-state index contributed by atoms with van der Waals surface area (Å²) in [7, 11) is 0. The smallest absolute Gasteiger partial charge is 0.225 e. The topological polar surface area (TPSA) is 65.7 Å². The number of hydrogen-bond acceptors (Lipinski definition) is 7. The number of nitrogens with zero attached hydrogens (tertiary/aromatic N) is 8. The molecule has 0 bridgehead atoms. The lowest BCUT2D eigenvalue weighted by molar-refractivity contribution is 0.0237. The van der Waals surface area contributed by atoms with E-state index in [0.717, 1.165) is 63.2 Å². The minimum absolute atomic E-state index is 0.646. The van der Waals surface area contributed by atoms with Crippen LogP contribution in [0, 0.1) is 0 Å². The van der Waals surface area contributed by atoms with E-state index in [1.165, 1.54) is 0 Å². The Labute approximate surface area is 152 Å². The number of piperazine rings is 1. The van der Waals surface area contributed by atoms with Crippen molar-refractivity contribution in [1.82, 2.24) is 34.4 Å². The molecule has 134 valence electrons. The van der Waals surface area contributed by atoms with E-state index < -0.39 is 0 Å². The third-order valence-electron chi connectivity index (χ3n) is 5.35. The lowest BCUT2D eigenvalue weighted by atomic mass is 10.1. The van der Waals surface area contributed by atoms with Gasteiger partial charge < -0.3 is 4.90 Å². The van der Waals surface area contributed by atoms with Gasteiger partial charge in [0, 0.05) is 63.9 Å². The van der Waals surface area contributed by atoms with Gasteiger partial charge in [0.2, 0.25) is 5.95 Å². The molecule has 0 amide bonds. The summed E-state index contributed by atoms with van der Waals surface area (Å²) in [6.45, 7) is 7.20. The Balaban J connectivity index is 1.13. The molecular weight excluding hydrogens is 328 g/mol. The lowest BCUT2D eigenvalue weighted by Crippen LogP contribution is -2.62. The summed E-state index contributed by atoms with van der Waals surface area (Å²) in [5, 5.41) is 8.57. The fourth-order valence-electron chi connectivity index (χ4n) is 3.84. The van der Waals surface area contributed by atoms with Crippen LogP contribution in [0.25, 0.3) is 5.65 Å². The van der Waals surface area contributed by atoms with Crippen LogP contribution in [0.4, 0.5) is 5.95 Å². The van der Waals surface area contributed by atoms with Crippen molar-refractivity contribution in [2.45, 2.75) is 12.6 Å². The van der Waals surface area contributed by atoms with Crippen LogP contribution in [0.2, 0.25) is 0 Å². The van der Waals surface area contributed by atoms with Gasteiger partial charge in [-0.1, -0.05) is 6.07 Å². The number of aromatic nitrogens is 5. The first-order valence-electron chi connectivity index (χ1n) is 9.14. The molecule has 0 unspecified atom stereocenters. The number of fused-ring (bicyclic) bond motifs is 1. The monoisotopic (exact) mass is 350 g/mol. The molecule has 0 aromatic carbocycles. The summed E-state index contributed by atoms with van der Waals surface area (Å²) in [4.78, 5) is 16.0. The van der Waals surface area contributed by atoms with Crippen LogP contribution >= 0.6 is 0 Å². The maximum atomic E-state index is 4.36. The highest BCUT2D eigenvalue weighted by atomic mass is 15.4. The van der Waals surface area contributed by atoms with Crippen LogP contribution < -0.4 is 4.90 Å². The molecule has 2 aliphatic heterocycles. The fourth-order valence-corrected chi connectivity index (χ4v) is 3.84. The zero-order valence-corrected chi connectivity index (χ0v) is 14.6. The average molecular weight is 350 g/mol. The van der Waals surface area contributed by atoms with Crippen molar-refractivity contribution in [1.29, 1.82) is 0 Å². The van der Waals surface area contributed by atoms with Gasteiger partial charge in [-0.2, -0.15) is 0 Å². The summed E-state index contributed by atoms with van der Waals surface area (Å²) in [5.74, 6) is 1.87. The van der Waals surface area contributed by atoms with Gasteiger partial charge in [-0.15, -0.1) is 10.2 Å². The zero-order chi connectivity index (χ0) is 17.3. The molecule has 0 aliphatic carbocycles. The molecular formula is C18H22N8. The van der Waals surface area contributed by atoms with Crippen LogP contribution in [-0.4, -0.2) is 79.7 Å². The summed E-state index contributed by atoms with van der Waals surface area (Å²) >= 11 is 0. The molecule has 26 heavy (non-hydrogen) atoms. The minimum Gasteiger partial charge on any atom is -0.338 e. The summed E-state index contributed by atoms with van der Waals surface area (Å²) in [6, 6.07) is 8.52. The standard InChI is InChI=1S/C18H22N8/c1-2-7-26-16(4-1)21-22-17(26)14-23-12-15(13-23)24-8-10-25(11-9-24)18-19-5-3-6-20-18/h1-7,15H,8-14H2. The van der Waals surface area contributed by atoms with Crippen molar-refractivity contribution < 1.29 is 0 Å². The number of pyridine rings is 1. The molecule has 0 saturated carbocycles. The van der Waals surface area contributed by atoms with Gasteiger partial charge in [-0.25, -0.2) is 9.97 Å². The van der Waals surface area contributed by atoms with Gasteiger partial charge in [0.25, 0.3) is 0 Å². The van der Waals surface area contributed by atoms with E-state index in [1.54, 1.807) is 0 Å². The minimum atomic E-state index is 0.646. The molecule has 0 spiro atoms. The van der Waals surface area contributed by atoms with Gasteiger partial charge in [0.05, 0.1) is 6.54 Å². The van der Waals surface area contributed by atoms with Gasteiger partial charge in [0.15, 0.2) is 11.5 Å². The first-order valence-corrected chi connectivity index (χ1v) is 9.14. The van der Waals surface area contributed by atoms with Gasteiger partial charge in [0.1, 0.15) is 0 Å². The first-order chi connectivity index (χ1) is 12.9. The van der Waals surface area contributed by atoms with E-state index in [9.17, 15) is 0 Å². The predicted octanol–water partition coefficient (Wildman–Crippen LogP) is 0.526. The maximum Gasteiger partial charge on any atom is 0.225 e. The van der Waals surface area contributed by atoms with Gasteiger partial charge in [-0.05, 0) is 18.2 Å². The van der Waals surface area contributed by atoms with Crippen LogP contribution in [0.3, 0.4) is 0 Å². The molecule has 8 heteroatoms. The predicted molar refractivity (Wildman–Crippen MR) is 97.9 cm³/mol. The highest BCUT2D eigenvalue weighted by molar-refractivity contribution is 5.37. The second-order valence-corrected chi connectivity index (χ2v) is 6.96. The Morgan fingerprint density at radius 1 is 0.923 bits per heavy atom. The molecule has 0 radical (unpaired) electrons. The fraction of sp³-hybridized carbons (Fsp3) is 0.444. The Kier molecular flexibility index (Phi) is 3.99. The van der Waals surface area contributed by atoms with Gasteiger partial charge in [-0.3, -0.25) is 14.2 Å². The first kappa shape index (κ1) is 15.7. The molecule has 0 atom stereocenters. The number of likely N-dealkylation sites (tertiary alicyclic amines) is 1. The largest absolute Gasteiger partial charge is 0.338 e. The second-order valence-electron chi connectivity index (χ2n) is 6.96. The zero-order valence-electron chi connectivity index (χ0n) is 14.6. The van der Waals surface area contributed by atoms with Crippen molar-refractivity contribution in [2.24, 2.45) is 0 Å². The van der Waals surface area contributed by atoms with Crippen molar-refractivity contribution in [3.8, 4) is 0 Å². The Hall–Kier alpha value is -2.58. The van der Waals surface area contributed by atoms with Crippen molar-refractivity contribution in [3.05, 3.63) is 48.7 Å². The number of hydrogen-bond donors (Lipinski definition) is 0. The SMILES string of the molecule is c1cnc(N2CCN(C3CN(Cc4nnc5ccccn45)C3)CC2)nc1. The number of rotatable bonds is 4. The normalized spacial score (nSPS) is 19.8. The summed E-state index contributed by atoms with van der Waals surface area (Å²) < 4.78 is 2.08. The summed E-state index contributed by atoms with van der Waals surface area (Å²) in [5.41, 5.74) is 0.916. The highest BCUT2D eigenvalue weighted by Crippen LogP contribution is 2.20. The Morgan fingerprint density at radius 2 is 1.73 bits per heavy atom. The third kappa shape index (κ3) is 2.91. The molecule has 2 saturated heterocycles. The molecule has 5 heterocycles. The highest BCUT2D eigenvalue weighted by Gasteiger charge is 2.34. The number of anilines is 1.